The molecule has 1 saturated heterocycles. The molecule has 5 nitrogen and oxygen atoms in total. The lowest BCUT2D eigenvalue weighted by molar-refractivity contribution is -0.143. The first-order valence-electron chi connectivity index (χ1n) is 7.63. The molecule has 2 amide bonds. The van der Waals surface area contributed by atoms with Crippen LogP contribution in [0.1, 0.15) is 46.5 Å². The van der Waals surface area contributed by atoms with Gasteiger partial charge in [-0.05, 0) is 43.9 Å². The van der Waals surface area contributed by atoms with Crippen LogP contribution in [0, 0.1) is 17.3 Å². The first-order valence-corrected chi connectivity index (χ1v) is 7.63. The number of carbonyl (C=O) groups excluding carboxylic acids is 1. The highest BCUT2D eigenvalue weighted by atomic mass is 16.4. The SMILES string of the molecule is CC1CC(C(=O)O)CCN1C(=O)NCC1(C(C)C)CC1. The topological polar surface area (TPSA) is 69.6 Å². The predicted octanol–water partition coefficient (Wildman–Crippen LogP) is 2.32. The molecule has 1 aliphatic carbocycles. The summed E-state index contributed by atoms with van der Waals surface area (Å²) in [6.07, 6.45) is 3.50. The van der Waals surface area contributed by atoms with E-state index in [-0.39, 0.29) is 18.0 Å². The first-order chi connectivity index (χ1) is 9.35. The van der Waals surface area contributed by atoms with Gasteiger partial charge in [0.25, 0.3) is 0 Å². The summed E-state index contributed by atoms with van der Waals surface area (Å²) in [6, 6.07) is -0.0349. The number of amides is 2. The number of piperidine rings is 1. The molecule has 2 aliphatic rings. The summed E-state index contributed by atoms with van der Waals surface area (Å²) in [7, 11) is 0. The Hall–Kier alpha value is -1.26. The smallest absolute Gasteiger partial charge is 0.317 e. The number of aliphatic carboxylic acids is 1. The molecule has 114 valence electrons. The number of nitrogens with one attached hydrogen (secondary N) is 1. The molecule has 2 N–H and O–H groups in total. The Balaban J connectivity index is 1.83. The van der Waals surface area contributed by atoms with Crippen LogP contribution >= 0.6 is 0 Å². The Morgan fingerprint density at radius 1 is 1.40 bits per heavy atom. The Morgan fingerprint density at radius 2 is 2.05 bits per heavy atom. The molecule has 0 radical (unpaired) electrons. The van der Waals surface area contributed by atoms with Crippen molar-refractivity contribution in [2.75, 3.05) is 13.1 Å². The van der Waals surface area contributed by atoms with Crippen LogP contribution in [-0.2, 0) is 4.79 Å². The van der Waals surface area contributed by atoms with Crippen molar-refractivity contribution in [2.24, 2.45) is 17.3 Å². The highest BCUT2D eigenvalue weighted by Gasteiger charge is 2.45. The number of hydrogen-bond acceptors (Lipinski definition) is 2. The lowest BCUT2D eigenvalue weighted by Crippen LogP contribution is -2.51. The number of likely N-dealkylation sites (tertiary alicyclic amines) is 1. The first kappa shape index (κ1) is 15.1. The highest BCUT2D eigenvalue weighted by molar-refractivity contribution is 5.76. The van der Waals surface area contributed by atoms with Gasteiger partial charge in [-0.3, -0.25) is 4.79 Å². The fourth-order valence-corrected chi connectivity index (χ4v) is 3.17. The van der Waals surface area contributed by atoms with Gasteiger partial charge in [-0.25, -0.2) is 4.79 Å². The number of carboxylic acid groups (broad SMARTS) is 1. The molecule has 2 unspecified atom stereocenters. The second-order valence-electron chi connectivity index (χ2n) is 6.78. The number of urea groups is 1. The molecular formula is C15H26N2O3. The molecule has 5 heteroatoms. The van der Waals surface area contributed by atoms with Crippen LogP contribution in [-0.4, -0.2) is 41.1 Å². The minimum atomic E-state index is -0.742. The van der Waals surface area contributed by atoms with Crippen molar-refractivity contribution in [3.63, 3.8) is 0 Å². The molecule has 1 heterocycles. The van der Waals surface area contributed by atoms with E-state index in [1.165, 1.54) is 12.8 Å². The normalized spacial score (nSPS) is 28.3. The van der Waals surface area contributed by atoms with E-state index < -0.39 is 5.97 Å². The van der Waals surface area contributed by atoms with Crippen molar-refractivity contribution >= 4 is 12.0 Å². The minimum absolute atomic E-state index is 0.000877. The third-order valence-electron chi connectivity index (χ3n) is 5.19. The molecular weight excluding hydrogens is 256 g/mol. The van der Waals surface area contributed by atoms with E-state index in [2.05, 4.69) is 19.2 Å². The van der Waals surface area contributed by atoms with Crippen molar-refractivity contribution < 1.29 is 14.7 Å². The summed E-state index contributed by atoms with van der Waals surface area (Å²) in [5, 5.41) is 12.1. The summed E-state index contributed by atoms with van der Waals surface area (Å²) in [5.74, 6) is -0.453. The van der Waals surface area contributed by atoms with Gasteiger partial charge >= 0.3 is 12.0 Å². The number of carbonyl (C=O) groups is 2. The largest absolute Gasteiger partial charge is 0.481 e. The standard InChI is InChI=1S/C15H26N2O3/c1-10(2)15(5-6-15)9-16-14(20)17-7-4-12(13(18)19)8-11(17)3/h10-12H,4-9H2,1-3H3,(H,16,20)(H,18,19). The van der Waals surface area contributed by atoms with Gasteiger partial charge in [-0.2, -0.15) is 0 Å². The molecule has 0 bridgehead atoms. The Labute approximate surface area is 120 Å². The molecule has 1 aliphatic heterocycles. The summed E-state index contributed by atoms with van der Waals surface area (Å²) in [4.78, 5) is 25.0. The molecule has 20 heavy (non-hydrogen) atoms. The number of nitrogens with zero attached hydrogens (tertiary/aromatic N) is 1. The van der Waals surface area contributed by atoms with E-state index in [4.69, 9.17) is 5.11 Å². The zero-order valence-electron chi connectivity index (χ0n) is 12.7. The van der Waals surface area contributed by atoms with E-state index in [9.17, 15) is 9.59 Å². The van der Waals surface area contributed by atoms with Gasteiger partial charge in [0.05, 0.1) is 5.92 Å². The molecule has 2 atom stereocenters. The number of hydrogen-bond donors (Lipinski definition) is 2. The lowest BCUT2D eigenvalue weighted by Gasteiger charge is -2.36. The third-order valence-corrected chi connectivity index (χ3v) is 5.19. The van der Waals surface area contributed by atoms with Gasteiger partial charge in [-0.1, -0.05) is 13.8 Å². The predicted molar refractivity (Wildman–Crippen MR) is 76.4 cm³/mol. The van der Waals surface area contributed by atoms with Crippen LogP contribution in [0.25, 0.3) is 0 Å². The van der Waals surface area contributed by atoms with Gasteiger partial charge in [0.2, 0.25) is 0 Å². The van der Waals surface area contributed by atoms with E-state index in [1.54, 1.807) is 4.90 Å². The van der Waals surface area contributed by atoms with Crippen LogP contribution in [0.2, 0.25) is 0 Å². The molecule has 1 saturated carbocycles. The molecule has 0 spiro atoms. The van der Waals surface area contributed by atoms with Crippen LogP contribution < -0.4 is 5.32 Å². The van der Waals surface area contributed by atoms with Crippen LogP contribution in [0.5, 0.6) is 0 Å². The fraction of sp³-hybridized carbons (Fsp3) is 0.867. The molecule has 0 aromatic heterocycles. The zero-order chi connectivity index (χ0) is 14.9. The zero-order valence-corrected chi connectivity index (χ0v) is 12.7. The average molecular weight is 282 g/mol. The maximum Gasteiger partial charge on any atom is 0.317 e. The maximum atomic E-state index is 12.2. The summed E-state index contributed by atoms with van der Waals surface area (Å²) in [6.45, 7) is 7.64. The van der Waals surface area contributed by atoms with Crippen molar-refractivity contribution in [3.05, 3.63) is 0 Å². The van der Waals surface area contributed by atoms with E-state index in [0.717, 1.165) is 6.54 Å². The van der Waals surface area contributed by atoms with Crippen molar-refractivity contribution in [1.29, 1.82) is 0 Å². The van der Waals surface area contributed by atoms with Gasteiger partial charge in [0.1, 0.15) is 0 Å². The monoisotopic (exact) mass is 282 g/mol. The van der Waals surface area contributed by atoms with Gasteiger partial charge < -0.3 is 15.3 Å². The van der Waals surface area contributed by atoms with Gasteiger partial charge in [0, 0.05) is 19.1 Å². The summed E-state index contributed by atoms with van der Waals surface area (Å²) >= 11 is 0. The van der Waals surface area contributed by atoms with Gasteiger partial charge in [-0.15, -0.1) is 0 Å². The molecule has 0 aromatic carbocycles. The maximum absolute atomic E-state index is 12.2. The van der Waals surface area contributed by atoms with Crippen molar-refractivity contribution in [1.82, 2.24) is 10.2 Å². The minimum Gasteiger partial charge on any atom is -0.481 e. The van der Waals surface area contributed by atoms with E-state index in [0.29, 0.717) is 30.7 Å². The second-order valence-corrected chi connectivity index (χ2v) is 6.78. The Morgan fingerprint density at radius 3 is 2.50 bits per heavy atom. The summed E-state index contributed by atoms with van der Waals surface area (Å²) < 4.78 is 0. The lowest BCUT2D eigenvalue weighted by atomic mass is 9.91. The summed E-state index contributed by atoms with van der Waals surface area (Å²) in [5.41, 5.74) is 0.304. The van der Waals surface area contributed by atoms with Crippen LogP contribution in [0.15, 0.2) is 0 Å². The Bertz CT molecular complexity index is 391. The average Bonchev–Trinajstić information content (AvgIpc) is 3.17. The number of carboxylic acids is 1. The quantitative estimate of drug-likeness (QED) is 0.831. The molecule has 0 aromatic rings. The van der Waals surface area contributed by atoms with Crippen molar-refractivity contribution in [2.45, 2.75) is 52.5 Å². The van der Waals surface area contributed by atoms with Crippen LogP contribution in [0.4, 0.5) is 4.79 Å². The van der Waals surface area contributed by atoms with E-state index in [1.807, 2.05) is 6.92 Å². The third kappa shape index (κ3) is 3.07. The Kier molecular flexibility index (Phi) is 4.25. The van der Waals surface area contributed by atoms with E-state index >= 15 is 0 Å². The molecule has 2 fully saturated rings. The second kappa shape index (κ2) is 5.62. The van der Waals surface area contributed by atoms with Gasteiger partial charge in [0.15, 0.2) is 0 Å². The number of rotatable bonds is 4. The highest BCUT2D eigenvalue weighted by Crippen LogP contribution is 2.51. The fourth-order valence-electron chi connectivity index (χ4n) is 3.17. The van der Waals surface area contributed by atoms with Crippen molar-refractivity contribution in [3.8, 4) is 0 Å². The molecule has 2 rings (SSSR count). The van der Waals surface area contributed by atoms with Crippen LogP contribution in [0.3, 0.4) is 0 Å².